The minimum atomic E-state index is 0.614. The van der Waals surface area contributed by atoms with Crippen LogP contribution >= 0.6 is 22.9 Å². The summed E-state index contributed by atoms with van der Waals surface area (Å²) in [7, 11) is 0. The van der Waals surface area contributed by atoms with Gasteiger partial charge in [0.2, 0.25) is 0 Å². The Balaban J connectivity index is 2.41. The molecule has 0 radical (unpaired) electrons. The highest BCUT2D eigenvalue weighted by Crippen LogP contribution is 2.26. The number of nitrogen functional groups attached to an aromatic ring is 1. The van der Waals surface area contributed by atoms with Crippen molar-refractivity contribution in [1.82, 2.24) is 4.98 Å². The van der Waals surface area contributed by atoms with E-state index in [4.69, 9.17) is 17.3 Å². The zero-order valence-corrected chi connectivity index (χ0v) is 9.68. The highest BCUT2D eigenvalue weighted by Gasteiger charge is 2.03. The SMILES string of the molecule is Nc1nc2c(C=CCCCl)cccc2s1. The van der Waals surface area contributed by atoms with Crippen LogP contribution in [0.4, 0.5) is 5.13 Å². The average molecular weight is 239 g/mol. The Labute approximate surface area is 97.4 Å². The van der Waals surface area contributed by atoms with Crippen LogP contribution in [0.3, 0.4) is 0 Å². The molecule has 0 amide bonds. The van der Waals surface area contributed by atoms with Gasteiger partial charge in [-0.2, -0.15) is 0 Å². The maximum Gasteiger partial charge on any atom is 0.181 e. The van der Waals surface area contributed by atoms with Crippen molar-refractivity contribution in [2.75, 3.05) is 11.6 Å². The summed E-state index contributed by atoms with van der Waals surface area (Å²) in [6.07, 6.45) is 4.97. The molecule has 1 aromatic heterocycles. The number of thiazole rings is 1. The van der Waals surface area contributed by atoms with Gasteiger partial charge in [-0.05, 0) is 12.5 Å². The molecular weight excluding hydrogens is 228 g/mol. The van der Waals surface area contributed by atoms with Crippen molar-refractivity contribution in [3.05, 3.63) is 29.8 Å². The number of rotatable bonds is 3. The molecule has 2 nitrogen and oxygen atoms in total. The van der Waals surface area contributed by atoms with Gasteiger partial charge in [-0.1, -0.05) is 35.6 Å². The first-order chi connectivity index (χ1) is 7.31. The van der Waals surface area contributed by atoms with E-state index in [0.29, 0.717) is 11.0 Å². The number of para-hydroxylation sites is 1. The Kier molecular flexibility index (Phi) is 3.23. The number of alkyl halides is 1. The second-order valence-electron chi connectivity index (χ2n) is 3.13. The molecule has 0 fully saturated rings. The summed E-state index contributed by atoms with van der Waals surface area (Å²) in [5.74, 6) is 0.645. The molecule has 0 unspecified atom stereocenters. The van der Waals surface area contributed by atoms with Gasteiger partial charge < -0.3 is 5.73 Å². The molecule has 0 spiro atoms. The van der Waals surface area contributed by atoms with Crippen LogP contribution in [0, 0.1) is 0 Å². The van der Waals surface area contributed by atoms with E-state index in [2.05, 4.69) is 11.1 Å². The molecule has 0 aliphatic rings. The number of hydrogen-bond acceptors (Lipinski definition) is 3. The fourth-order valence-electron chi connectivity index (χ4n) is 1.39. The zero-order chi connectivity index (χ0) is 10.7. The molecule has 1 aromatic carbocycles. The quantitative estimate of drug-likeness (QED) is 0.831. The van der Waals surface area contributed by atoms with Crippen LogP contribution in [-0.2, 0) is 0 Å². The van der Waals surface area contributed by atoms with Crippen LogP contribution in [0.25, 0.3) is 16.3 Å². The monoisotopic (exact) mass is 238 g/mol. The summed E-state index contributed by atoms with van der Waals surface area (Å²) in [4.78, 5) is 4.30. The first kappa shape index (κ1) is 10.5. The van der Waals surface area contributed by atoms with Gasteiger partial charge in [-0.25, -0.2) is 4.98 Å². The number of nitrogens with zero attached hydrogens (tertiary/aromatic N) is 1. The summed E-state index contributed by atoms with van der Waals surface area (Å²) >= 11 is 7.12. The first-order valence-corrected chi connectivity index (χ1v) is 6.04. The Bertz CT molecular complexity index is 490. The van der Waals surface area contributed by atoms with E-state index in [1.165, 1.54) is 11.3 Å². The van der Waals surface area contributed by atoms with Gasteiger partial charge in [-0.15, -0.1) is 11.6 Å². The Morgan fingerprint density at radius 3 is 3.13 bits per heavy atom. The van der Waals surface area contributed by atoms with Gasteiger partial charge in [0.1, 0.15) is 0 Å². The molecule has 0 atom stereocenters. The highest BCUT2D eigenvalue weighted by atomic mass is 35.5. The standard InChI is InChI=1S/C11H11ClN2S/c12-7-2-1-4-8-5-3-6-9-10(8)14-11(13)15-9/h1,3-6H,2,7H2,(H2,13,14). The van der Waals surface area contributed by atoms with Crippen molar-refractivity contribution in [2.45, 2.75) is 6.42 Å². The Morgan fingerprint density at radius 2 is 2.33 bits per heavy atom. The van der Waals surface area contributed by atoms with Gasteiger partial charge in [0, 0.05) is 11.4 Å². The third-order valence-corrected chi connectivity index (χ3v) is 3.11. The number of nitrogens with two attached hydrogens (primary N) is 1. The van der Waals surface area contributed by atoms with E-state index in [1.807, 2.05) is 24.3 Å². The van der Waals surface area contributed by atoms with Crippen LogP contribution in [0.15, 0.2) is 24.3 Å². The lowest BCUT2D eigenvalue weighted by atomic mass is 10.2. The summed E-state index contributed by atoms with van der Waals surface area (Å²) in [6, 6.07) is 6.08. The molecule has 2 rings (SSSR count). The minimum Gasteiger partial charge on any atom is -0.375 e. The molecule has 0 saturated heterocycles. The Hall–Kier alpha value is -1.06. The van der Waals surface area contributed by atoms with E-state index in [-0.39, 0.29) is 0 Å². The molecule has 0 saturated carbocycles. The molecule has 4 heteroatoms. The number of aromatic nitrogens is 1. The lowest BCUT2D eigenvalue weighted by Crippen LogP contribution is -1.81. The maximum absolute atomic E-state index is 5.68. The fourth-order valence-corrected chi connectivity index (χ4v) is 2.29. The summed E-state index contributed by atoms with van der Waals surface area (Å²) < 4.78 is 1.13. The predicted molar refractivity (Wildman–Crippen MR) is 68.4 cm³/mol. The molecule has 2 N–H and O–H groups in total. The average Bonchev–Trinajstić information content (AvgIpc) is 2.59. The summed E-state index contributed by atoms with van der Waals surface area (Å²) in [6.45, 7) is 0. The molecule has 0 bridgehead atoms. The second kappa shape index (κ2) is 4.64. The number of anilines is 1. The van der Waals surface area contributed by atoms with Crippen molar-refractivity contribution in [2.24, 2.45) is 0 Å². The van der Waals surface area contributed by atoms with E-state index >= 15 is 0 Å². The maximum atomic E-state index is 5.68. The van der Waals surface area contributed by atoms with E-state index < -0.39 is 0 Å². The van der Waals surface area contributed by atoms with Crippen LogP contribution < -0.4 is 5.73 Å². The van der Waals surface area contributed by atoms with E-state index in [0.717, 1.165) is 22.2 Å². The van der Waals surface area contributed by atoms with Gasteiger partial charge >= 0.3 is 0 Å². The molecule has 0 aliphatic carbocycles. The summed E-state index contributed by atoms with van der Waals surface area (Å²) in [5, 5.41) is 0.614. The van der Waals surface area contributed by atoms with Gasteiger partial charge in [-0.3, -0.25) is 0 Å². The fraction of sp³-hybridized carbons (Fsp3) is 0.182. The molecule has 78 valence electrons. The predicted octanol–water partition coefficient (Wildman–Crippen LogP) is 3.52. The number of hydrogen-bond donors (Lipinski definition) is 1. The second-order valence-corrected chi connectivity index (χ2v) is 4.57. The number of benzene rings is 1. The highest BCUT2D eigenvalue weighted by molar-refractivity contribution is 7.22. The molecule has 15 heavy (non-hydrogen) atoms. The van der Waals surface area contributed by atoms with Crippen LogP contribution in [0.2, 0.25) is 0 Å². The van der Waals surface area contributed by atoms with Crippen molar-refractivity contribution in [3.63, 3.8) is 0 Å². The third kappa shape index (κ3) is 2.30. The van der Waals surface area contributed by atoms with Crippen LogP contribution in [0.5, 0.6) is 0 Å². The lowest BCUT2D eigenvalue weighted by molar-refractivity contribution is 1.24. The van der Waals surface area contributed by atoms with Crippen molar-refractivity contribution < 1.29 is 0 Å². The molecule has 2 aromatic rings. The van der Waals surface area contributed by atoms with E-state index in [9.17, 15) is 0 Å². The van der Waals surface area contributed by atoms with Crippen LogP contribution in [0.1, 0.15) is 12.0 Å². The summed E-state index contributed by atoms with van der Waals surface area (Å²) in [5.41, 5.74) is 7.76. The molecule has 1 heterocycles. The third-order valence-electron chi connectivity index (χ3n) is 2.04. The number of allylic oxidation sites excluding steroid dienone is 1. The van der Waals surface area contributed by atoms with Gasteiger partial charge in [0.25, 0.3) is 0 Å². The van der Waals surface area contributed by atoms with Crippen molar-refractivity contribution in [1.29, 1.82) is 0 Å². The van der Waals surface area contributed by atoms with Crippen molar-refractivity contribution in [3.8, 4) is 0 Å². The van der Waals surface area contributed by atoms with Gasteiger partial charge in [0.05, 0.1) is 10.2 Å². The number of halogens is 1. The van der Waals surface area contributed by atoms with Crippen LogP contribution in [-0.4, -0.2) is 10.9 Å². The zero-order valence-electron chi connectivity index (χ0n) is 8.11. The smallest absolute Gasteiger partial charge is 0.181 e. The normalized spacial score (nSPS) is 11.5. The topological polar surface area (TPSA) is 38.9 Å². The molecule has 0 aliphatic heterocycles. The van der Waals surface area contributed by atoms with Gasteiger partial charge in [0.15, 0.2) is 5.13 Å². The Morgan fingerprint density at radius 1 is 1.47 bits per heavy atom. The largest absolute Gasteiger partial charge is 0.375 e. The van der Waals surface area contributed by atoms with Crippen molar-refractivity contribution >= 4 is 44.4 Å². The first-order valence-electron chi connectivity index (χ1n) is 4.69. The lowest BCUT2D eigenvalue weighted by Gasteiger charge is -1.94. The minimum absolute atomic E-state index is 0.614. The number of fused-ring (bicyclic) bond motifs is 1. The molecular formula is C11H11ClN2S. The van der Waals surface area contributed by atoms with E-state index in [1.54, 1.807) is 0 Å².